The Hall–Kier alpha value is -1.37. The van der Waals surface area contributed by atoms with E-state index in [-0.39, 0.29) is 11.2 Å². The lowest BCUT2D eigenvalue weighted by Crippen LogP contribution is -2.10. The van der Waals surface area contributed by atoms with Crippen LogP contribution in [0.2, 0.25) is 0 Å². The Kier molecular flexibility index (Phi) is 2.26. The molecule has 0 saturated heterocycles. The Morgan fingerprint density at radius 1 is 0.867 bits per heavy atom. The highest BCUT2D eigenvalue weighted by Crippen LogP contribution is 2.26. The fourth-order valence-electron chi connectivity index (χ4n) is 1.68. The van der Waals surface area contributed by atoms with Crippen LogP contribution in [0.5, 0.6) is 0 Å². The van der Waals surface area contributed by atoms with Crippen LogP contribution in [0.4, 0.5) is 4.39 Å². The van der Waals surface area contributed by atoms with Crippen molar-refractivity contribution in [1.29, 1.82) is 0 Å². The van der Waals surface area contributed by atoms with Crippen LogP contribution >= 0.6 is 0 Å². The first-order valence-electron chi connectivity index (χ1n) is 5.17. The van der Waals surface area contributed by atoms with Crippen molar-refractivity contribution < 1.29 is 4.39 Å². The van der Waals surface area contributed by atoms with Gasteiger partial charge >= 0.3 is 0 Å². The third-order valence-corrected chi connectivity index (χ3v) is 2.67. The molecule has 2 aromatic rings. The summed E-state index contributed by atoms with van der Waals surface area (Å²) in [6.45, 7) is 6.53. The molecule has 0 aliphatic rings. The summed E-state index contributed by atoms with van der Waals surface area (Å²) in [6.07, 6.45) is 0. The first-order chi connectivity index (χ1) is 6.97. The molecule has 0 aromatic heterocycles. The molecule has 2 rings (SSSR count). The summed E-state index contributed by atoms with van der Waals surface area (Å²) < 4.78 is 13.0. The molecule has 0 spiro atoms. The first kappa shape index (κ1) is 10.2. The fraction of sp³-hybridized carbons (Fsp3) is 0.286. The Morgan fingerprint density at radius 3 is 2.13 bits per heavy atom. The molecular formula is C14H15F. The molecular weight excluding hydrogens is 187 g/mol. The van der Waals surface area contributed by atoms with Crippen LogP contribution in [-0.4, -0.2) is 0 Å². The van der Waals surface area contributed by atoms with Crippen molar-refractivity contribution in [1.82, 2.24) is 0 Å². The maximum Gasteiger partial charge on any atom is 0.123 e. The lowest BCUT2D eigenvalue weighted by Gasteiger charge is -2.19. The summed E-state index contributed by atoms with van der Waals surface area (Å²) in [5.74, 6) is -0.175. The van der Waals surface area contributed by atoms with Gasteiger partial charge in [0.05, 0.1) is 0 Å². The molecule has 0 atom stereocenters. The van der Waals surface area contributed by atoms with Gasteiger partial charge in [0, 0.05) is 0 Å². The van der Waals surface area contributed by atoms with Crippen molar-refractivity contribution in [2.45, 2.75) is 26.2 Å². The quantitative estimate of drug-likeness (QED) is 0.598. The SMILES string of the molecule is CC(C)(C)c1ccc2cc(F)ccc2c1. The summed E-state index contributed by atoms with van der Waals surface area (Å²) in [5, 5.41) is 2.06. The molecule has 0 saturated carbocycles. The summed E-state index contributed by atoms with van der Waals surface area (Å²) in [4.78, 5) is 0. The molecule has 0 nitrogen and oxygen atoms in total. The van der Waals surface area contributed by atoms with E-state index in [1.807, 2.05) is 12.1 Å². The van der Waals surface area contributed by atoms with Gasteiger partial charge in [0.15, 0.2) is 0 Å². The molecule has 0 unspecified atom stereocenters. The van der Waals surface area contributed by atoms with Gasteiger partial charge in [-0.25, -0.2) is 4.39 Å². The molecule has 1 heteroatoms. The average Bonchev–Trinajstić information content (AvgIpc) is 2.15. The number of benzene rings is 2. The van der Waals surface area contributed by atoms with E-state index in [0.29, 0.717) is 0 Å². The number of fused-ring (bicyclic) bond motifs is 1. The highest BCUT2D eigenvalue weighted by Gasteiger charge is 2.13. The Bertz CT molecular complexity index is 492. The predicted octanol–water partition coefficient (Wildman–Crippen LogP) is 4.28. The van der Waals surface area contributed by atoms with Crippen molar-refractivity contribution in [2.75, 3.05) is 0 Å². The number of hydrogen-bond donors (Lipinski definition) is 0. The van der Waals surface area contributed by atoms with Crippen LogP contribution in [0.1, 0.15) is 26.3 Å². The minimum atomic E-state index is -0.175. The van der Waals surface area contributed by atoms with Gasteiger partial charge in [0.25, 0.3) is 0 Å². The second-order valence-electron chi connectivity index (χ2n) is 4.96. The van der Waals surface area contributed by atoms with E-state index in [0.717, 1.165) is 10.8 Å². The van der Waals surface area contributed by atoms with Crippen LogP contribution < -0.4 is 0 Å². The molecule has 15 heavy (non-hydrogen) atoms. The van der Waals surface area contributed by atoms with Gasteiger partial charge in [-0.2, -0.15) is 0 Å². The molecule has 0 aliphatic heterocycles. The second kappa shape index (κ2) is 3.34. The monoisotopic (exact) mass is 202 g/mol. The van der Waals surface area contributed by atoms with Gasteiger partial charge < -0.3 is 0 Å². The normalized spacial score (nSPS) is 12.0. The van der Waals surface area contributed by atoms with Crippen LogP contribution in [0, 0.1) is 5.82 Å². The van der Waals surface area contributed by atoms with Crippen LogP contribution in [0.15, 0.2) is 36.4 Å². The van der Waals surface area contributed by atoms with E-state index in [4.69, 9.17) is 0 Å². The summed E-state index contributed by atoms with van der Waals surface area (Å²) in [7, 11) is 0. The zero-order valence-corrected chi connectivity index (χ0v) is 9.34. The molecule has 2 aromatic carbocycles. The van der Waals surface area contributed by atoms with Crippen molar-refractivity contribution in [3.8, 4) is 0 Å². The number of hydrogen-bond acceptors (Lipinski definition) is 0. The Morgan fingerprint density at radius 2 is 1.47 bits per heavy atom. The minimum Gasteiger partial charge on any atom is -0.207 e. The summed E-state index contributed by atoms with van der Waals surface area (Å²) in [6, 6.07) is 11.1. The van der Waals surface area contributed by atoms with Gasteiger partial charge in [-0.3, -0.25) is 0 Å². The van der Waals surface area contributed by atoms with Gasteiger partial charge in [-0.05, 0) is 33.9 Å². The smallest absolute Gasteiger partial charge is 0.123 e. The fourth-order valence-corrected chi connectivity index (χ4v) is 1.68. The van der Waals surface area contributed by atoms with Crippen LogP contribution in [-0.2, 0) is 5.41 Å². The zero-order chi connectivity index (χ0) is 11.1. The highest BCUT2D eigenvalue weighted by atomic mass is 19.1. The molecule has 0 heterocycles. The highest BCUT2D eigenvalue weighted by molar-refractivity contribution is 5.83. The maximum absolute atomic E-state index is 13.0. The molecule has 0 aliphatic carbocycles. The minimum absolute atomic E-state index is 0.141. The van der Waals surface area contributed by atoms with E-state index in [1.54, 1.807) is 6.07 Å². The lowest BCUT2D eigenvalue weighted by molar-refractivity contribution is 0.591. The van der Waals surface area contributed by atoms with Gasteiger partial charge in [0.1, 0.15) is 5.82 Å². The topological polar surface area (TPSA) is 0 Å². The van der Waals surface area contributed by atoms with Gasteiger partial charge in [-0.15, -0.1) is 0 Å². The number of halogens is 1. The molecule has 0 bridgehead atoms. The van der Waals surface area contributed by atoms with Crippen LogP contribution in [0.25, 0.3) is 10.8 Å². The standard InChI is InChI=1S/C14H15F/c1-14(2,3)12-6-4-11-9-13(15)7-5-10(11)8-12/h4-9H,1-3H3. The van der Waals surface area contributed by atoms with E-state index < -0.39 is 0 Å². The van der Waals surface area contributed by atoms with Crippen molar-refractivity contribution in [3.05, 3.63) is 47.8 Å². The summed E-state index contributed by atoms with van der Waals surface area (Å²) in [5.41, 5.74) is 1.42. The van der Waals surface area contributed by atoms with E-state index in [2.05, 4.69) is 32.9 Å². The maximum atomic E-state index is 13.0. The third-order valence-electron chi connectivity index (χ3n) is 2.67. The largest absolute Gasteiger partial charge is 0.207 e. The zero-order valence-electron chi connectivity index (χ0n) is 9.34. The molecule has 0 amide bonds. The third kappa shape index (κ3) is 2.01. The second-order valence-corrected chi connectivity index (χ2v) is 4.96. The molecule has 0 radical (unpaired) electrons. The summed E-state index contributed by atoms with van der Waals surface area (Å²) >= 11 is 0. The van der Waals surface area contributed by atoms with Crippen molar-refractivity contribution >= 4 is 10.8 Å². The Balaban J connectivity index is 2.62. The first-order valence-corrected chi connectivity index (χ1v) is 5.17. The number of rotatable bonds is 0. The van der Waals surface area contributed by atoms with Crippen molar-refractivity contribution in [2.24, 2.45) is 0 Å². The molecule has 0 fully saturated rings. The van der Waals surface area contributed by atoms with E-state index >= 15 is 0 Å². The lowest BCUT2D eigenvalue weighted by atomic mass is 9.86. The van der Waals surface area contributed by atoms with E-state index in [9.17, 15) is 4.39 Å². The van der Waals surface area contributed by atoms with Crippen LogP contribution in [0.3, 0.4) is 0 Å². The average molecular weight is 202 g/mol. The van der Waals surface area contributed by atoms with E-state index in [1.165, 1.54) is 11.6 Å². The predicted molar refractivity (Wildman–Crippen MR) is 62.6 cm³/mol. The van der Waals surface area contributed by atoms with Gasteiger partial charge in [-0.1, -0.05) is 45.0 Å². The molecule has 78 valence electrons. The Labute approximate surface area is 89.7 Å². The van der Waals surface area contributed by atoms with Crippen molar-refractivity contribution in [3.63, 3.8) is 0 Å². The molecule has 0 N–H and O–H groups in total. The van der Waals surface area contributed by atoms with Gasteiger partial charge in [0.2, 0.25) is 0 Å².